The van der Waals surface area contributed by atoms with E-state index in [9.17, 15) is 4.79 Å². The molecule has 0 saturated carbocycles. The van der Waals surface area contributed by atoms with Crippen LogP contribution in [-0.4, -0.2) is 55.7 Å². The van der Waals surface area contributed by atoms with Gasteiger partial charge in [0.15, 0.2) is 15.8 Å². The van der Waals surface area contributed by atoms with Gasteiger partial charge in [0.25, 0.3) is 0 Å². The molecule has 0 aliphatic carbocycles. The number of hydrogen-bond donors (Lipinski definition) is 1. The largest absolute Gasteiger partial charge is 0.461 e. The van der Waals surface area contributed by atoms with Gasteiger partial charge in [-0.25, -0.2) is 9.78 Å². The van der Waals surface area contributed by atoms with Crippen LogP contribution in [0.15, 0.2) is 0 Å². The van der Waals surface area contributed by atoms with Crippen molar-refractivity contribution < 1.29 is 9.53 Å². The highest BCUT2D eigenvalue weighted by Crippen LogP contribution is 2.29. The molecule has 0 atom stereocenters. The molecule has 1 aliphatic rings. The lowest BCUT2D eigenvalue weighted by atomic mass is 10.3. The van der Waals surface area contributed by atoms with Crippen LogP contribution >= 0.6 is 11.3 Å². The van der Waals surface area contributed by atoms with Crippen LogP contribution < -0.4 is 10.6 Å². The summed E-state index contributed by atoms with van der Waals surface area (Å²) in [6.07, 6.45) is 0.801. The first-order valence-electron chi connectivity index (χ1n) is 6.48. The SMILES string of the molecule is CCCOC(=O)c1sc(N2CCN(C)CC2)nc1N. The van der Waals surface area contributed by atoms with E-state index in [4.69, 9.17) is 10.5 Å². The molecule has 1 saturated heterocycles. The Morgan fingerprint density at radius 1 is 1.42 bits per heavy atom. The monoisotopic (exact) mass is 284 g/mol. The highest BCUT2D eigenvalue weighted by Gasteiger charge is 2.22. The zero-order chi connectivity index (χ0) is 13.8. The molecule has 106 valence electrons. The first kappa shape index (κ1) is 14.1. The lowest BCUT2D eigenvalue weighted by molar-refractivity contribution is 0.0512. The van der Waals surface area contributed by atoms with E-state index >= 15 is 0 Å². The summed E-state index contributed by atoms with van der Waals surface area (Å²) in [6, 6.07) is 0. The average molecular weight is 284 g/mol. The number of carbonyl (C=O) groups excluding carboxylic acids is 1. The third-order valence-corrected chi connectivity index (χ3v) is 4.15. The number of thiazole rings is 1. The summed E-state index contributed by atoms with van der Waals surface area (Å²) in [5.74, 6) is -0.0859. The number of aromatic nitrogens is 1. The van der Waals surface area contributed by atoms with Crippen LogP contribution in [0, 0.1) is 0 Å². The Kier molecular flexibility index (Phi) is 4.60. The molecule has 2 N–H and O–H groups in total. The Morgan fingerprint density at radius 2 is 2.11 bits per heavy atom. The molecular formula is C12H20N4O2S. The predicted octanol–water partition coefficient (Wildman–Crippen LogP) is 1.04. The van der Waals surface area contributed by atoms with Gasteiger partial charge in [-0.3, -0.25) is 0 Å². The van der Waals surface area contributed by atoms with Crippen LogP contribution in [0.5, 0.6) is 0 Å². The highest BCUT2D eigenvalue weighted by atomic mass is 32.1. The molecule has 2 heterocycles. The Bertz CT molecular complexity index is 441. The number of rotatable bonds is 4. The van der Waals surface area contributed by atoms with Gasteiger partial charge >= 0.3 is 5.97 Å². The number of likely N-dealkylation sites (N-methyl/N-ethyl adjacent to an activating group) is 1. The minimum absolute atomic E-state index is 0.278. The van der Waals surface area contributed by atoms with Crippen molar-refractivity contribution in [3.8, 4) is 0 Å². The number of piperazine rings is 1. The van der Waals surface area contributed by atoms with Gasteiger partial charge in [-0.1, -0.05) is 18.3 Å². The van der Waals surface area contributed by atoms with E-state index in [1.54, 1.807) is 0 Å². The molecule has 1 aromatic rings. The zero-order valence-electron chi connectivity index (χ0n) is 11.4. The van der Waals surface area contributed by atoms with E-state index in [-0.39, 0.29) is 11.8 Å². The summed E-state index contributed by atoms with van der Waals surface area (Å²) in [7, 11) is 2.10. The van der Waals surface area contributed by atoms with Crippen LogP contribution in [0.2, 0.25) is 0 Å². The Morgan fingerprint density at radius 3 is 2.74 bits per heavy atom. The van der Waals surface area contributed by atoms with Crippen molar-refractivity contribution in [2.45, 2.75) is 13.3 Å². The smallest absolute Gasteiger partial charge is 0.352 e. The molecule has 0 aromatic carbocycles. The number of esters is 1. The van der Waals surface area contributed by atoms with E-state index in [0.717, 1.165) is 37.7 Å². The zero-order valence-corrected chi connectivity index (χ0v) is 12.2. The molecule has 0 unspecified atom stereocenters. The quantitative estimate of drug-likeness (QED) is 0.833. The first-order valence-corrected chi connectivity index (χ1v) is 7.30. The van der Waals surface area contributed by atoms with Crippen LogP contribution in [0.4, 0.5) is 10.9 Å². The summed E-state index contributed by atoms with van der Waals surface area (Å²) in [5.41, 5.74) is 5.81. The third kappa shape index (κ3) is 3.36. The molecule has 0 spiro atoms. The maximum atomic E-state index is 11.8. The number of nitrogens with zero attached hydrogens (tertiary/aromatic N) is 3. The van der Waals surface area contributed by atoms with Crippen molar-refractivity contribution in [2.75, 3.05) is 50.5 Å². The molecule has 0 radical (unpaired) electrons. The fraction of sp³-hybridized carbons (Fsp3) is 0.667. The number of ether oxygens (including phenoxy) is 1. The number of hydrogen-bond acceptors (Lipinski definition) is 7. The van der Waals surface area contributed by atoms with Gasteiger partial charge in [0.1, 0.15) is 0 Å². The summed E-state index contributed by atoms with van der Waals surface area (Å²) in [4.78, 5) is 21.0. The van der Waals surface area contributed by atoms with Gasteiger partial charge in [-0.15, -0.1) is 0 Å². The summed E-state index contributed by atoms with van der Waals surface area (Å²) in [6.45, 7) is 6.18. The van der Waals surface area contributed by atoms with Crippen molar-refractivity contribution in [1.82, 2.24) is 9.88 Å². The Balaban J connectivity index is 2.05. The molecule has 2 rings (SSSR count). The minimum Gasteiger partial charge on any atom is -0.461 e. The number of carbonyl (C=O) groups is 1. The van der Waals surface area contributed by atoms with Crippen molar-refractivity contribution in [3.63, 3.8) is 0 Å². The molecular weight excluding hydrogens is 264 g/mol. The molecule has 0 amide bonds. The van der Waals surface area contributed by atoms with E-state index in [1.165, 1.54) is 11.3 Å². The van der Waals surface area contributed by atoms with Gasteiger partial charge in [0.2, 0.25) is 0 Å². The molecule has 1 fully saturated rings. The Labute approximate surface area is 117 Å². The minimum atomic E-state index is -0.364. The first-order chi connectivity index (χ1) is 9.11. The summed E-state index contributed by atoms with van der Waals surface area (Å²) >= 11 is 1.32. The van der Waals surface area contributed by atoms with Crippen molar-refractivity contribution in [3.05, 3.63) is 4.88 Å². The van der Waals surface area contributed by atoms with Crippen LogP contribution in [-0.2, 0) is 4.74 Å². The maximum absolute atomic E-state index is 11.8. The van der Waals surface area contributed by atoms with E-state index in [0.29, 0.717) is 11.5 Å². The maximum Gasteiger partial charge on any atom is 0.352 e. The van der Waals surface area contributed by atoms with Gasteiger partial charge in [0, 0.05) is 26.2 Å². The second-order valence-corrected chi connectivity index (χ2v) is 5.61. The fourth-order valence-electron chi connectivity index (χ4n) is 1.86. The number of nitrogens with two attached hydrogens (primary N) is 1. The van der Waals surface area contributed by atoms with E-state index in [1.807, 2.05) is 6.92 Å². The molecule has 1 aromatic heterocycles. The van der Waals surface area contributed by atoms with Crippen molar-refractivity contribution in [1.29, 1.82) is 0 Å². The van der Waals surface area contributed by atoms with Crippen molar-refractivity contribution >= 4 is 28.3 Å². The molecule has 1 aliphatic heterocycles. The molecule has 6 nitrogen and oxygen atoms in total. The number of nitrogen functional groups attached to an aromatic ring is 1. The lowest BCUT2D eigenvalue weighted by Gasteiger charge is -2.31. The second kappa shape index (κ2) is 6.21. The topological polar surface area (TPSA) is 71.7 Å². The molecule has 0 bridgehead atoms. The fourth-order valence-corrected chi connectivity index (χ4v) is 2.79. The van der Waals surface area contributed by atoms with Crippen LogP contribution in [0.3, 0.4) is 0 Å². The second-order valence-electron chi connectivity index (χ2n) is 4.64. The van der Waals surface area contributed by atoms with E-state index in [2.05, 4.69) is 21.8 Å². The van der Waals surface area contributed by atoms with Crippen LogP contribution in [0.25, 0.3) is 0 Å². The highest BCUT2D eigenvalue weighted by molar-refractivity contribution is 7.18. The van der Waals surface area contributed by atoms with Gasteiger partial charge in [-0.2, -0.15) is 0 Å². The van der Waals surface area contributed by atoms with E-state index < -0.39 is 0 Å². The normalized spacial score (nSPS) is 16.6. The average Bonchev–Trinajstić information content (AvgIpc) is 2.79. The third-order valence-electron chi connectivity index (χ3n) is 3.04. The van der Waals surface area contributed by atoms with Crippen molar-refractivity contribution in [2.24, 2.45) is 0 Å². The standard InChI is InChI=1S/C12H20N4O2S/c1-3-8-18-11(17)9-10(13)14-12(19-9)16-6-4-15(2)5-7-16/h3-8,13H2,1-2H3. The lowest BCUT2D eigenvalue weighted by Crippen LogP contribution is -2.44. The predicted molar refractivity (Wildman–Crippen MR) is 76.8 cm³/mol. The summed E-state index contributed by atoms with van der Waals surface area (Å²) in [5, 5.41) is 0.814. The molecule has 19 heavy (non-hydrogen) atoms. The summed E-state index contributed by atoms with van der Waals surface area (Å²) < 4.78 is 5.10. The Hall–Kier alpha value is -1.34. The van der Waals surface area contributed by atoms with Gasteiger partial charge in [-0.05, 0) is 13.5 Å². The van der Waals surface area contributed by atoms with Gasteiger partial charge < -0.3 is 20.3 Å². The number of anilines is 2. The van der Waals surface area contributed by atoms with Crippen LogP contribution in [0.1, 0.15) is 23.0 Å². The van der Waals surface area contributed by atoms with Gasteiger partial charge in [0.05, 0.1) is 6.61 Å². The molecule has 7 heteroatoms.